The lowest BCUT2D eigenvalue weighted by Crippen LogP contribution is -1.86. The summed E-state index contributed by atoms with van der Waals surface area (Å²) in [6.45, 7) is 0. The first-order valence-electron chi connectivity index (χ1n) is 3.20. The molecule has 2 rings (SSSR count). The zero-order valence-corrected chi connectivity index (χ0v) is 7.34. The van der Waals surface area contributed by atoms with Gasteiger partial charge in [-0.2, -0.15) is 5.10 Å². The average molecular weight is 200 g/mol. The number of rotatable bonds is 0. The monoisotopic (exact) mass is 199 g/mol. The van der Waals surface area contributed by atoms with Crippen LogP contribution in [-0.4, -0.2) is 15.2 Å². The van der Waals surface area contributed by atoms with E-state index < -0.39 is 0 Å². The summed E-state index contributed by atoms with van der Waals surface area (Å²) in [5.41, 5.74) is 0.621. The van der Waals surface area contributed by atoms with Crippen molar-refractivity contribution < 1.29 is 0 Å². The summed E-state index contributed by atoms with van der Waals surface area (Å²) in [4.78, 5) is 4.01. The fraction of sp³-hybridized carbons (Fsp3) is 0. The molecule has 0 unspecified atom stereocenters. The van der Waals surface area contributed by atoms with Crippen molar-refractivity contribution in [2.24, 2.45) is 0 Å². The van der Waals surface area contributed by atoms with E-state index in [9.17, 15) is 0 Å². The highest BCUT2D eigenvalue weighted by atomic mass is 35.5. The van der Waals surface area contributed by atoms with Crippen molar-refractivity contribution in [3.05, 3.63) is 28.6 Å². The fourth-order valence-corrected chi connectivity index (χ4v) is 1.28. The highest BCUT2D eigenvalue weighted by molar-refractivity contribution is 6.34. The Hall–Kier alpha value is -0.930. The first-order valence-corrected chi connectivity index (χ1v) is 3.95. The van der Waals surface area contributed by atoms with Crippen molar-refractivity contribution >= 4 is 34.1 Å². The molecule has 60 valence electrons. The van der Waals surface area contributed by atoms with Crippen LogP contribution in [0.15, 0.2) is 18.5 Å². The van der Waals surface area contributed by atoms with E-state index in [0.29, 0.717) is 15.7 Å². The van der Waals surface area contributed by atoms with Gasteiger partial charge in [0.2, 0.25) is 0 Å². The van der Waals surface area contributed by atoms with E-state index in [1.54, 1.807) is 12.3 Å². The molecule has 0 radical (unpaired) electrons. The van der Waals surface area contributed by atoms with E-state index in [1.807, 2.05) is 0 Å². The molecule has 0 amide bonds. The molecule has 0 N–H and O–H groups in total. The third-order valence-electron chi connectivity index (χ3n) is 1.42. The highest BCUT2D eigenvalue weighted by Gasteiger charge is 2.01. The molecule has 0 atom stereocenters. The molecule has 12 heavy (non-hydrogen) atoms. The van der Waals surface area contributed by atoms with Gasteiger partial charge in [-0.3, -0.25) is 4.98 Å². The first-order chi connectivity index (χ1) is 5.77. The SMILES string of the molecule is Clc1cnc2c(Cl)nncc2c1. The van der Waals surface area contributed by atoms with Crippen molar-refractivity contribution in [3.63, 3.8) is 0 Å². The molecule has 0 saturated carbocycles. The average Bonchev–Trinajstić information content (AvgIpc) is 2.04. The molecule has 0 aliphatic heterocycles. The number of fused-ring (bicyclic) bond motifs is 1. The molecule has 0 bridgehead atoms. The zero-order valence-electron chi connectivity index (χ0n) is 5.83. The molecule has 2 aromatic rings. The lowest BCUT2D eigenvalue weighted by molar-refractivity contribution is 1.04. The van der Waals surface area contributed by atoms with Crippen LogP contribution in [-0.2, 0) is 0 Å². The first kappa shape index (κ1) is 7.71. The number of halogens is 2. The molecule has 0 aliphatic rings. The van der Waals surface area contributed by atoms with Crippen LogP contribution in [0.2, 0.25) is 10.2 Å². The predicted octanol–water partition coefficient (Wildman–Crippen LogP) is 2.33. The minimum absolute atomic E-state index is 0.296. The van der Waals surface area contributed by atoms with E-state index in [4.69, 9.17) is 23.2 Å². The van der Waals surface area contributed by atoms with Crippen LogP contribution in [0, 0.1) is 0 Å². The van der Waals surface area contributed by atoms with Crippen LogP contribution >= 0.6 is 23.2 Å². The summed E-state index contributed by atoms with van der Waals surface area (Å²) in [6.07, 6.45) is 3.09. The van der Waals surface area contributed by atoms with E-state index in [2.05, 4.69) is 15.2 Å². The van der Waals surface area contributed by atoms with Crippen LogP contribution < -0.4 is 0 Å². The molecular formula is C7H3Cl2N3. The van der Waals surface area contributed by atoms with Crippen LogP contribution in [0.5, 0.6) is 0 Å². The van der Waals surface area contributed by atoms with Crippen molar-refractivity contribution in [1.82, 2.24) is 15.2 Å². The maximum absolute atomic E-state index is 5.73. The molecular weight excluding hydrogens is 197 g/mol. The number of aromatic nitrogens is 3. The molecule has 5 heteroatoms. The Morgan fingerprint density at radius 3 is 2.83 bits per heavy atom. The second-order valence-corrected chi connectivity index (χ2v) is 3.02. The molecule has 0 aromatic carbocycles. The van der Waals surface area contributed by atoms with Crippen LogP contribution in [0.3, 0.4) is 0 Å². The minimum Gasteiger partial charge on any atom is -0.251 e. The maximum Gasteiger partial charge on any atom is 0.177 e. The van der Waals surface area contributed by atoms with Gasteiger partial charge >= 0.3 is 0 Å². The predicted molar refractivity (Wildman–Crippen MR) is 47.4 cm³/mol. The molecule has 2 heterocycles. The van der Waals surface area contributed by atoms with Crippen molar-refractivity contribution in [1.29, 1.82) is 0 Å². The number of hydrogen-bond donors (Lipinski definition) is 0. The van der Waals surface area contributed by atoms with E-state index in [-0.39, 0.29) is 0 Å². The smallest absolute Gasteiger partial charge is 0.177 e. The summed E-state index contributed by atoms with van der Waals surface area (Å²) >= 11 is 11.4. The van der Waals surface area contributed by atoms with Gasteiger partial charge < -0.3 is 0 Å². The normalized spacial score (nSPS) is 10.5. The Labute approximate surface area is 78.3 Å². The molecule has 0 aliphatic carbocycles. The van der Waals surface area contributed by atoms with Crippen molar-refractivity contribution in [3.8, 4) is 0 Å². The largest absolute Gasteiger partial charge is 0.251 e. The second kappa shape index (κ2) is 2.84. The number of nitrogens with zero attached hydrogens (tertiary/aromatic N) is 3. The molecule has 0 fully saturated rings. The van der Waals surface area contributed by atoms with Gasteiger partial charge in [-0.25, -0.2) is 0 Å². The van der Waals surface area contributed by atoms with Crippen LogP contribution in [0.4, 0.5) is 0 Å². The summed E-state index contributed by atoms with van der Waals surface area (Å²) in [5, 5.41) is 8.97. The van der Waals surface area contributed by atoms with Crippen LogP contribution in [0.1, 0.15) is 0 Å². The van der Waals surface area contributed by atoms with Gasteiger partial charge in [0.15, 0.2) is 5.15 Å². The molecule has 2 aromatic heterocycles. The van der Waals surface area contributed by atoms with Gasteiger partial charge in [0.1, 0.15) is 5.52 Å². The van der Waals surface area contributed by atoms with E-state index >= 15 is 0 Å². The number of hydrogen-bond acceptors (Lipinski definition) is 3. The second-order valence-electron chi connectivity index (χ2n) is 2.23. The topological polar surface area (TPSA) is 38.7 Å². The van der Waals surface area contributed by atoms with Gasteiger partial charge in [-0.1, -0.05) is 23.2 Å². The lowest BCUT2D eigenvalue weighted by Gasteiger charge is -1.96. The standard InChI is InChI=1S/C7H3Cl2N3/c8-5-1-4-2-11-12-7(9)6(4)10-3-5/h1-3H. The van der Waals surface area contributed by atoms with E-state index in [0.717, 1.165) is 5.39 Å². The highest BCUT2D eigenvalue weighted by Crippen LogP contribution is 2.19. The lowest BCUT2D eigenvalue weighted by atomic mass is 10.3. The minimum atomic E-state index is 0.296. The quantitative estimate of drug-likeness (QED) is 0.654. The Morgan fingerprint density at radius 1 is 1.17 bits per heavy atom. The summed E-state index contributed by atoms with van der Waals surface area (Å²) in [7, 11) is 0. The fourth-order valence-electron chi connectivity index (χ4n) is 0.915. The maximum atomic E-state index is 5.73. The van der Waals surface area contributed by atoms with Crippen molar-refractivity contribution in [2.75, 3.05) is 0 Å². The Kier molecular flexibility index (Phi) is 1.83. The Morgan fingerprint density at radius 2 is 2.00 bits per heavy atom. The van der Waals surface area contributed by atoms with Gasteiger partial charge in [0, 0.05) is 11.6 Å². The number of pyridine rings is 1. The van der Waals surface area contributed by atoms with Gasteiger partial charge in [-0.05, 0) is 6.07 Å². The molecule has 0 spiro atoms. The van der Waals surface area contributed by atoms with E-state index in [1.165, 1.54) is 6.20 Å². The summed E-state index contributed by atoms with van der Waals surface area (Å²) < 4.78 is 0. The third kappa shape index (κ3) is 1.21. The van der Waals surface area contributed by atoms with Gasteiger partial charge in [0.25, 0.3) is 0 Å². The Bertz CT molecular complexity index is 430. The van der Waals surface area contributed by atoms with Crippen LogP contribution in [0.25, 0.3) is 10.9 Å². The van der Waals surface area contributed by atoms with Crippen molar-refractivity contribution in [2.45, 2.75) is 0 Å². The van der Waals surface area contributed by atoms with Gasteiger partial charge in [-0.15, -0.1) is 5.10 Å². The molecule has 0 saturated heterocycles. The zero-order chi connectivity index (χ0) is 8.55. The summed E-state index contributed by atoms with van der Waals surface area (Å²) in [5.74, 6) is 0. The third-order valence-corrected chi connectivity index (χ3v) is 1.88. The van der Waals surface area contributed by atoms with Gasteiger partial charge in [0.05, 0.1) is 11.2 Å². The summed E-state index contributed by atoms with van der Waals surface area (Å²) in [6, 6.07) is 1.74. The Balaban J connectivity index is 2.86. The molecule has 3 nitrogen and oxygen atoms in total.